The molecule has 0 fully saturated rings. The highest BCUT2D eigenvalue weighted by Crippen LogP contribution is 2.46. The molecule has 0 radical (unpaired) electrons. The first-order valence-corrected chi connectivity index (χ1v) is 17.1. The molecule has 0 N–H and O–H groups in total. The number of nitrogens with zero attached hydrogens (tertiary/aromatic N) is 3. The Morgan fingerprint density at radius 1 is 0.333 bits per heavy atom. The molecular weight excluding hydrogens is 623 g/mol. The van der Waals surface area contributed by atoms with Crippen LogP contribution in [0.15, 0.2) is 180 Å². The third-order valence-electron chi connectivity index (χ3n) is 9.73. The van der Waals surface area contributed by atoms with Gasteiger partial charge < -0.3 is 4.42 Å². The summed E-state index contributed by atoms with van der Waals surface area (Å²) in [5, 5.41) is 6.70. The summed E-state index contributed by atoms with van der Waals surface area (Å²) in [6.07, 6.45) is 0. The largest absolute Gasteiger partial charge is 0.455 e. The third-order valence-corrected chi connectivity index (χ3v) is 9.73. The predicted molar refractivity (Wildman–Crippen MR) is 209 cm³/mol. The van der Waals surface area contributed by atoms with Gasteiger partial charge in [-0.2, -0.15) is 0 Å². The smallest absolute Gasteiger partial charge is 0.164 e. The van der Waals surface area contributed by atoms with E-state index in [0.717, 1.165) is 82.4 Å². The number of hydrogen-bond acceptors (Lipinski definition) is 4. The van der Waals surface area contributed by atoms with Crippen molar-refractivity contribution in [1.82, 2.24) is 15.0 Å². The molecule has 10 aromatic rings. The minimum Gasteiger partial charge on any atom is -0.455 e. The molecule has 10 rings (SSSR count). The molecule has 0 bridgehead atoms. The minimum absolute atomic E-state index is 0.633. The predicted octanol–water partition coefficient (Wildman–Crippen LogP) is 12.4. The number of rotatable bonds is 5. The van der Waals surface area contributed by atoms with Crippen molar-refractivity contribution in [2.24, 2.45) is 0 Å². The van der Waals surface area contributed by atoms with Gasteiger partial charge in [-0.3, -0.25) is 0 Å². The Morgan fingerprint density at radius 3 is 1.59 bits per heavy atom. The van der Waals surface area contributed by atoms with Crippen LogP contribution in [-0.4, -0.2) is 15.0 Å². The average molecular weight is 652 g/mol. The Bertz CT molecular complexity index is 2840. The highest BCUT2D eigenvalue weighted by atomic mass is 16.3. The van der Waals surface area contributed by atoms with Crippen molar-refractivity contribution < 1.29 is 4.42 Å². The van der Waals surface area contributed by atoms with Crippen molar-refractivity contribution in [2.45, 2.75) is 0 Å². The zero-order chi connectivity index (χ0) is 33.7. The van der Waals surface area contributed by atoms with E-state index in [1.165, 1.54) is 0 Å². The highest BCUT2D eigenvalue weighted by molar-refractivity contribution is 6.23. The van der Waals surface area contributed by atoms with Gasteiger partial charge >= 0.3 is 0 Å². The molecule has 0 saturated heterocycles. The first-order chi connectivity index (χ1) is 25.3. The molecule has 0 unspecified atom stereocenters. The summed E-state index contributed by atoms with van der Waals surface area (Å²) < 4.78 is 6.68. The van der Waals surface area contributed by atoms with E-state index in [4.69, 9.17) is 19.4 Å². The molecule has 238 valence electrons. The molecule has 0 amide bonds. The molecule has 51 heavy (non-hydrogen) atoms. The van der Waals surface area contributed by atoms with Gasteiger partial charge in [-0.05, 0) is 51.0 Å². The number of furan rings is 1. The summed E-state index contributed by atoms with van der Waals surface area (Å²) in [5.74, 6) is 1.91. The number of benzene rings is 8. The fourth-order valence-corrected chi connectivity index (χ4v) is 7.39. The van der Waals surface area contributed by atoms with Crippen LogP contribution in [0.4, 0.5) is 0 Å². The summed E-state index contributed by atoms with van der Waals surface area (Å²) in [5.41, 5.74) is 9.03. The number of fused-ring (bicyclic) bond motifs is 6. The molecule has 0 aliphatic rings. The number of hydrogen-bond donors (Lipinski definition) is 0. The van der Waals surface area contributed by atoms with Crippen LogP contribution in [0, 0.1) is 0 Å². The SMILES string of the molecule is c1ccc(-c2nc(-c3ccccc3)nc(-c3cccc4c(-c5ccc(-c6ccccc6)c6oc7ccccc7c56)cc5ccccc5c34)n2)cc1. The Labute approximate surface area is 294 Å². The van der Waals surface area contributed by atoms with Gasteiger partial charge in [0.2, 0.25) is 0 Å². The zero-order valence-corrected chi connectivity index (χ0v) is 27.5. The Kier molecular flexibility index (Phi) is 6.78. The van der Waals surface area contributed by atoms with Crippen molar-refractivity contribution in [3.8, 4) is 56.4 Å². The van der Waals surface area contributed by atoms with Crippen molar-refractivity contribution in [3.63, 3.8) is 0 Å². The average Bonchev–Trinajstić information content (AvgIpc) is 3.61. The monoisotopic (exact) mass is 651 g/mol. The number of aromatic nitrogens is 3. The quantitative estimate of drug-likeness (QED) is 0.174. The minimum atomic E-state index is 0.633. The van der Waals surface area contributed by atoms with E-state index in [2.05, 4.69) is 103 Å². The van der Waals surface area contributed by atoms with Crippen LogP contribution in [0.3, 0.4) is 0 Å². The van der Waals surface area contributed by atoms with E-state index in [1.807, 2.05) is 72.8 Å². The van der Waals surface area contributed by atoms with Crippen LogP contribution in [0.2, 0.25) is 0 Å². The van der Waals surface area contributed by atoms with Gasteiger partial charge in [0, 0.05) is 38.4 Å². The molecule has 2 aromatic heterocycles. The van der Waals surface area contributed by atoms with Crippen LogP contribution in [0.5, 0.6) is 0 Å². The summed E-state index contributed by atoms with van der Waals surface area (Å²) in [6.45, 7) is 0. The van der Waals surface area contributed by atoms with Crippen LogP contribution in [0.25, 0.3) is 99.9 Å². The molecule has 8 aromatic carbocycles. The van der Waals surface area contributed by atoms with Crippen LogP contribution >= 0.6 is 0 Å². The lowest BCUT2D eigenvalue weighted by atomic mass is 9.88. The van der Waals surface area contributed by atoms with Gasteiger partial charge in [0.25, 0.3) is 0 Å². The zero-order valence-electron chi connectivity index (χ0n) is 27.5. The van der Waals surface area contributed by atoms with E-state index in [9.17, 15) is 0 Å². The number of para-hydroxylation sites is 1. The summed E-state index contributed by atoms with van der Waals surface area (Å²) in [7, 11) is 0. The molecule has 0 aliphatic heterocycles. The van der Waals surface area contributed by atoms with Crippen LogP contribution in [-0.2, 0) is 0 Å². The van der Waals surface area contributed by atoms with Crippen molar-refractivity contribution >= 4 is 43.5 Å². The third kappa shape index (κ3) is 4.88. The molecule has 0 spiro atoms. The summed E-state index contributed by atoms with van der Waals surface area (Å²) >= 11 is 0. The first kappa shape index (κ1) is 29.0. The second-order valence-electron chi connectivity index (χ2n) is 12.7. The van der Waals surface area contributed by atoms with Crippen molar-refractivity contribution in [3.05, 3.63) is 176 Å². The molecule has 0 saturated carbocycles. The highest BCUT2D eigenvalue weighted by Gasteiger charge is 2.21. The second-order valence-corrected chi connectivity index (χ2v) is 12.7. The molecule has 4 heteroatoms. The van der Waals surface area contributed by atoms with Gasteiger partial charge in [0.1, 0.15) is 11.2 Å². The first-order valence-electron chi connectivity index (χ1n) is 17.1. The maximum absolute atomic E-state index is 6.68. The summed E-state index contributed by atoms with van der Waals surface area (Å²) in [4.78, 5) is 15.3. The van der Waals surface area contributed by atoms with Gasteiger partial charge in [-0.15, -0.1) is 0 Å². The van der Waals surface area contributed by atoms with Crippen LogP contribution < -0.4 is 0 Å². The Hall–Kier alpha value is -6.91. The van der Waals surface area contributed by atoms with Gasteiger partial charge in [-0.1, -0.05) is 158 Å². The van der Waals surface area contributed by atoms with Gasteiger partial charge in [-0.25, -0.2) is 15.0 Å². The lowest BCUT2D eigenvalue weighted by Crippen LogP contribution is -2.00. The van der Waals surface area contributed by atoms with E-state index < -0.39 is 0 Å². The fraction of sp³-hybridized carbons (Fsp3) is 0. The van der Waals surface area contributed by atoms with Crippen LogP contribution in [0.1, 0.15) is 0 Å². The maximum atomic E-state index is 6.68. The van der Waals surface area contributed by atoms with E-state index >= 15 is 0 Å². The van der Waals surface area contributed by atoms with Crippen molar-refractivity contribution in [1.29, 1.82) is 0 Å². The Balaban J connectivity index is 1.29. The molecule has 0 atom stereocenters. The lowest BCUT2D eigenvalue weighted by molar-refractivity contribution is 0.670. The standard InChI is InChI=1S/C47H29N3O/c1-4-15-30(16-5-1)35-27-28-37(43-38-23-12-13-26-41(38)51-44(35)43)40-29-33-21-10-11-22-34(33)42-36(40)24-14-25-39(42)47-49-45(31-17-6-2-7-18-31)48-46(50-47)32-19-8-3-9-20-32/h1-29H. The normalized spacial score (nSPS) is 11.5. The Morgan fingerprint density at radius 2 is 0.882 bits per heavy atom. The second kappa shape index (κ2) is 11.9. The van der Waals surface area contributed by atoms with E-state index in [1.54, 1.807) is 0 Å². The molecule has 4 nitrogen and oxygen atoms in total. The molecule has 2 heterocycles. The topological polar surface area (TPSA) is 51.8 Å². The molecular formula is C47H29N3O. The summed E-state index contributed by atoms with van der Waals surface area (Å²) in [6, 6.07) is 60.9. The van der Waals surface area contributed by atoms with E-state index in [-0.39, 0.29) is 0 Å². The lowest BCUT2D eigenvalue weighted by Gasteiger charge is -2.16. The van der Waals surface area contributed by atoms with Gasteiger partial charge in [0.15, 0.2) is 17.5 Å². The van der Waals surface area contributed by atoms with E-state index in [0.29, 0.717) is 17.5 Å². The fourth-order valence-electron chi connectivity index (χ4n) is 7.39. The van der Waals surface area contributed by atoms with Crippen molar-refractivity contribution in [2.75, 3.05) is 0 Å². The molecule has 0 aliphatic carbocycles. The van der Waals surface area contributed by atoms with Gasteiger partial charge in [0.05, 0.1) is 0 Å². The maximum Gasteiger partial charge on any atom is 0.164 e.